The number of halogens is 1. The number of nitrogens with zero attached hydrogens (tertiary/aromatic N) is 2. The topological polar surface area (TPSA) is 74.2 Å². The molecule has 6 nitrogen and oxygen atoms in total. The maximum absolute atomic E-state index is 13.2. The number of furan rings is 1. The van der Waals surface area contributed by atoms with E-state index in [4.69, 9.17) is 4.42 Å². The Kier molecular flexibility index (Phi) is 5.20. The van der Waals surface area contributed by atoms with Gasteiger partial charge in [0.15, 0.2) is 5.69 Å². The van der Waals surface area contributed by atoms with Crippen molar-refractivity contribution in [2.45, 2.75) is 45.7 Å². The predicted molar refractivity (Wildman–Crippen MR) is 96.9 cm³/mol. The van der Waals surface area contributed by atoms with E-state index < -0.39 is 0 Å². The molecule has 0 aromatic carbocycles. The maximum Gasteiger partial charge on any atom is 0.275 e. The van der Waals surface area contributed by atoms with Crippen molar-refractivity contribution in [2.24, 2.45) is 5.92 Å². The lowest BCUT2D eigenvalue weighted by atomic mass is 9.90. The molecule has 0 radical (unpaired) electrons. The number of nitrogens with one attached hydrogen (secondary N) is 2. The van der Waals surface area contributed by atoms with Crippen molar-refractivity contribution in [3.05, 3.63) is 40.6 Å². The number of likely N-dealkylation sites (tertiary alicyclic amines) is 1. The molecule has 4 heterocycles. The molecule has 4 rings (SSSR count). The van der Waals surface area contributed by atoms with Crippen LogP contribution in [0, 0.1) is 12.8 Å². The SMILES string of the molecule is Cc1ccc(C2CC(C)CCN2C(=O)c2n[nH]c3c2CNCC3)o1.Cl. The summed E-state index contributed by atoms with van der Waals surface area (Å²) in [6, 6.07) is 3.97. The molecule has 2 atom stereocenters. The highest BCUT2D eigenvalue weighted by Gasteiger charge is 2.35. The first-order valence-corrected chi connectivity index (χ1v) is 8.77. The van der Waals surface area contributed by atoms with Gasteiger partial charge in [0.25, 0.3) is 5.91 Å². The number of aromatic amines is 1. The van der Waals surface area contributed by atoms with Crippen LogP contribution >= 0.6 is 12.4 Å². The average molecular weight is 365 g/mol. The summed E-state index contributed by atoms with van der Waals surface area (Å²) in [5, 5.41) is 10.7. The number of hydrogen-bond donors (Lipinski definition) is 2. The van der Waals surface area contributed by atoms with Gasteiger partial charge in [0.2, 0.25) is 0 Å². The van der Waals surface area contributed by atoms with Gasteiger partial charge in [0.1, 0.15) is 11.5 Å². The smallest absolute Gasteiger partial charge is 0.275 e. The second-order valence-corrected chi connectivity index (χ2v) is 7.05. The second kappa shape index (κ2) is 7.22. The summed E-state index contributed by atoms with van der Waals surface area (Å²) in [4.78, 5) is 15.2. The van der Waals surface area contributed by atoms with Crippen LogP contribution in [0.25, 0.3) is 0 Å². The van der Waals surface area contributed by atoms with Crippen molar-refractivity contribution in [1.82, 2.24) is 20.4 Å². The Morgan fingerprint density at radius 1 is 1.40 bits per heavy atom. The Morgan fingerprint density at radius 3 is 3.00 bits per heavy atom. The zero-order valence-electron chi connectivity index (χ0n) is 14.7. The number of piperidine rings is 1. The van der Waals surface area contributed by atoms with Crippen molar-refractivity contribution >= 4 is 18.3 Å². The number of hydrogen-bond acceptors (Lipinski definition) is 4. The standard InChI is InChI=1S/C18H24N4O2.ClH/c1-11-6-8-22(15(9-11)16-4-3-12(2)24-16)18(23)17-13-10-19-7-5-14(13)20-21-17;/h3-4,11,15,19H,5-10H2,1-2H3,(H,20,21);1H. The second-order valence-electron chi connectivity index (χ2n) is 7.05. The lowest BCUT2D eigenvalue weighted by Crippen LogP contribution is -2.41. The third kappa shape index (κ3) is 3.33. The van der Waals surface area contributed by atoms with E-state index in [9.17, 15) is 4.79 Å². The van der Waals surface area contributed by atoms with Gasteiger partial charge in [-0.05, 0) is 37.8 Å². The molecule has 1 saturated heterocycles. The van der Waals surface area contributed by atoms with E-state index in [1.807, 2.05) is 24.0 Å². The molecule has 2 N–H and O–H groups in total. The molecule has 25 heavy (non-hydrogen) atoms. The first-order chi connectivity index (χ1) is 11.6. The highest BCUT2D eigenvalue weighted by atomic mass is 35.5. The van der Waals surface area contributed by atoms with Gasteiger partial charge >= 0.3 is 0 Å². The molecule has 2 aliphatic heterocycles. The van der Waals surface area contributed by atoms with Gasteiger partial charge in [-0.2, -0.15) is 5.10 Å². The summed E-state index contributed by atoms with van der Waals surface area (Å²) in [6.45, 7) is 6.57. The van der Waals surface area contributed by atoms with Crippen LogP contribution in [0.4, 0.5) is 0 Å². The highest BCUT2D eigenvalue weighted by molar-refractivity contribution is 5.94. The summed E-state index contributed by atoms with van der Waals surface area (Å²) < 4.78 is 5.85. The number of aryl methyl sites for hydroxylation is 1. The molecule has 7 heteroatoms. The minimum atomic E-state index is -0.00107. The third-order valence-electron chi connectivity index (χ3n) is 5.22. The molecule has 0 bridgehead atoms. The van der Waals surface area contributed by atoms with Gasteiger partial charge in [0, 0.05) is 37.3 Å². The molecule has 2 aromatic heterocycles. The third-order valence-corrected chi connectivity index (χ3v) is 5.22. The Hall–Kier alpha value is -1.79. The number of rotatable bonds is 2. The number of aromatic nitrogens is 2. The van der Waals surface area contributed by atoms with E-state index in [1.54, 1.807) is 0 Å². The van der Waals surface area contributed by atoms with Crippen molar-refractivity contribution in [1.29, 1.82) is 0 Å². The normalized spacial score (nSPS) is 23.0. The van der Waals surface area contributed by atoms with E-state index in [-0.39, 0.29) is 24.4 Å². The molecular weight excluding hydrogens is 340 g/mol. The predicted octanol–water partition coefficient (Wildman–Crippen LogP) is 2.99. The number of carbonyl (C=O) groups is 1. The minimum absolute atomic E-state index is 0. The Balaban J connectivity index is 0.00000182. The van der Waals surface area contributed by atoms with Gasteiger partial charge in [-0.3, -0.25) is 9.89 Å². The minimum Gasteiger partial charge on any atom is -0.464 e. The van der Waals surface area contributed by atoms with Crippen LogP contribution in [0.5, 0.6) is 0 Å². The van der Waals surface area contributed by atoms with Crippen molar-refractivity contribution in [3.63, 3.8) is 0 Å². The van der Waals surface area contributed by atoms with E-state index >= 15 is 0 Å². The summed E-state index contributed by atoms with van der Waals surface area (Å²) in [6.07, 6.45) is 2.85. The van der Waals surface area contributed by atoms with Crippen LogP contribution in [0.1, 0.15) is 59.1 Å². The Bertz CT molecular complexity index is 754. The quantitative estimate of drug-likeness (QED) is 0.859. The van der Waals surface area contributed by atoms with Crippen LogP contribution in [0.3, 0.4) is 0 Å². The first-order valence-electron chi connectivity index (χ1n) is 8.77. The molecule has 1 fully saturated rings. The lowest BCUT2D eigenvalue weighted by Gasteiger charge is -2.37. The number of fused-ring (bicyclic) bond motifs is 1. The van der Waals surface area contributed by atoms with Crippen LogP contribution in [-0.2, 0) is 13.0 Å². The Labute approximate surface area is 153 Å². The molecule has 1 amide bonds. The molecule has 2 unspecified atom stereocenters. The maximum atomic E-state index is 13.2. The monoisotopic (exact) mass is 364 g/mol. The van der Waals surface area contributed by atoms with E-state index in [2.05, 4.69) is 22.4 Å². The van der Waals surface area contributed by atoms with Crippen LogP contribution in [0.2, 0.25) is 0 Å². The highest BCUT2D eigenvalue weighted by Crippen LogP contribution is 2.36. The molecule has 0 aliphatic carbocycles. The molecule has 0 saturated carbocycles. The van der Waals surface area contributed by atoms with E-state index in [0.29, 0.717) is 18.2 Å². The van der Waals surface area contributed by atoms with Gasteiger partial charge in [-0.25, -0.2) is 0 Å². The van der Waals surface area contributed by atoms with Crippen molar-refractivity contribution < 1.29 is 9.21 Å². The number of H-pyrrole nitrogens is 1. The van der Waals surface area contributed by atoms with Crippen molar-refractivity contribution in [2.75, 3.05) is 13.1 Å². The summed E-state index contributed by atoms with van der Waals surface area (Å²) >= 11 is 0. The van der Waals surface area contributed by atoms with Gasteiger partial charge in [-0.15, -0.1) is 12.4 Å². The van der Waals surface area contributed by atoms with Crippen LogP contribution < -0.4 is 5.32 Å². The molecule has 136 valence electrons. The van der Waals surface area contributed by atoms with E-state index in [1.165, 1.54) is 0 Å². The fraction of sp³-hybridized carbons (Fsp3) is 0.556. The van der Waals surface area contributed by atoms with Gasteiger partial charge in [0.05, 0.1) is 6.04 Å². The Morgan fingerprint density at radius 2 is 2.24 bits per heavy atom. The van der Waals surface area contributed by atoms with Gasteiger partial charge in [-0.1, -0.05) is 6.92 Å². The fourth-order valence-electron chi connectivity index (χ4n) is 3.83. The number of amides is 1. The number of carbonyl (C=O) groups excluding carboxylic acids is 1. The lowest BCUT2D eigenvalue weighted by molar-refractivity contribution is 0.0512. The summed E-state index contributed by atoms with van der Waals surface area (Å²) in [5.41, 5.74) is 2.69. The zero-order valence-corrected chi connectivity index (χ0v) is 15.5. The molecular formula is C18H25ClN4O2. The summed E-state index contributed by atoms with van der Waals surface area (Å²) in [7, 11) is 0. The zero-order chi connectivity index (χ0) is 16.7. The summed E-state index contributed by atoms with van der Waals surface area (Å²) in [5.74, 6) is 2.37. The average Bonchev–Trinajstić information content (AvgIpc) is 3.20. The first kappa shape index (κ1) is 18.0. The molecule has 0 spiro atoms. The van der Waals surface area contributed by atoms with E-state index in [0.717, 1.165) is 55.1 Å². The largest absolute Gasteiger partial charge is 0.464 e. The van der Waals surface area contributed by atoms with Crippen molar-refractivity contribution in [3.8, 4) is 0 Å². The molecule has 2 aromatic rings. The van der Waals surface area contributed by atoms with Crippen LogP contribution in [0.15, 0.2) is 16.5 Å². The van der Waals surface area contributed by atoms with Gasteiger partial charge < -0.3 is 14.6 Å². The fourth-order valence-corrected chi connectivity index (χ4v) is 3.83. The van der Waals surface area contributed by atoms with Crippen LogP contribution in [-0.4, -0.2) is 34.1 Å². The molecule has 2 aliphatic rings.